The Morgan fingerprint density at radius 2 is 2.19 bits per heavy atom. The molecule has 1 aliphatic rings. The predicted octanol–water partition coefficient (Wildman–Crippen LogP) is 2.66. The molecule has 134 valence electrons. The maximum Gasteiger partial charge on any atom is 0.253 e. The minimum absolute atomic E-state index is 0.164. The van der Waals surface area contributed by atoms with Crippen LogP contribution in [0.1, 0.15) is 23.2 Å². The van der Waals surface area contributed by atoms with Crippen molar-refractivity contribution in [3.05, 3.63) is 54.0 Å². The van der Waals surface area contributed by atoms with Gasteiger partial charge in [0.25, 0.3) is 5.91 Å². The molecular formula is C20H21FN4O. The van der Waals surface area contributed by atoms with Crippen LogP contribution in [0.3, 0.4) is 0 Å². The summed E-state index contributed by atoms with van der Waals surface area (Å²) in [5.41, 5.74) is 1.09. The van der Waals surface area contributed by atoms with E-state index >= 15 is 0 Å². The van der Waals surface area contributed by atoms with E-state index in [1.165, 1.54) is 12.3 Å². The molecule has 1 aromatic heterocycles. The van der Waals surface area contributed by atoms with Gasteiger partial charge in [-0.15, -0.1) is 6.42 Å². The number of halogens is 1. The standard InChI is InChI=1S/C20H21FN4O/c1-2-11-22-20(26)15-9-10-19(23-13-15)24-16-6-5-12-25(14-16)18-8-4-3-7-17(18)21/h1,3-4,7-10,13,16H,5-6,11-12,14H2,(H,22,26)(H,23,24). The number of amides is 1. The third kappa shape index (κ3) is 4.31. The molecule has 2 heterocycles. The Morgan fingerprint density at radius 3 is 2.92 bits per heavy atom. The van der Waals surface area contributed by atoms with Crippen molar-refractivity contribution >= 4 is 17.4 Å². The molecular weight excluding hydrogens is 331 g/mol. The monoisotopic (exact) mass is 352 g/mol. The minimum Gasteiger partial charge on any atom is -0.367 e. The number of hydrogen-bond donors (Lipinski definition) is 2. The summed E-state index contributed by atoms with van der Waals surface area (Å²) < 4.78 is 14.0. The first-order valence-corrected chi connectivity index (χ1v) is 8.61. The highest BCUT2D eigenvalue weighted by atomic mass is 19.1. The van der Waals surface area contributed by atoms with Crippen molar-refractivity contribution < 1.29 is 9.18 Å². The fraction of sp³-hybridized carbons (Fsp3) is 0.300. The molecule has 1 fully saturated rings. The van der Waals surface area contributed by atoms with Crippen LogP contribution in [0.4, 0.5) is 15.9 Å². The van der Waals surface area contributed by atoms with E-state index in [1.54, 1.807) is 24.3 Å². The van der Waals surface area contributed by atoms with Gasteiger partial charge in [-0.1, -0.05) is 18.1 Å². The van der Waals surface area contributed by atoms with E-state index in [9.17, 15) is 9.18 Å². The average molecular weight is 352 g/mol. The van der Waals surface area contributed by atoms with Crippen LogP contribution in [0, 0.1) is 18.2 Å². The van der Waals surface area contributed by atoms with E-state index in [0.717, 1.165) is 19.4 Å². The van der Waals surface area contributed by atoms with Gasteiger partial charge in [-0.25, -0.2) is 9.37 Å². The summed E-state index contributed by atoms with van der Waals surface area (Å²) in [4.78, 5) is 18.2. The van der Waals surface area contributed by atoms with Crippen molar-refractivity contribution in [3.8, 4) is 12.3 Å². The van der Waals surface area contributed by atoms with Crippen LogP contribution in [-0.2, 0) is 0 Å². The Morgan fingerprint density at radius 1 is 1.35 bits per heavy atom. The normalized spacial score (nSPS) is 16.6. The molecule has 5 nitrogen and oxygen atoms in total. The molecule has 1 amide bonds. The van der Waals surface area contributed by atoms with Gasteiger partial charge >= 0.3 is 0 Å². The third-order valence-corrected chi connectivity index (χ3v) is 4.34. The van der Waals surface area contributed by atoms with Crippen LogP contribution in [0.25, 0.3) is 0 Å². The van der Waals surface area contributed by atoms with E-state index in [2.05, 4.69) is 26.4 Å². The second kappa shape index (κ2) is 8.34. The number of carbonyl (C=O) groups is 1. The number of anilines is 2. The van der Waals surface area contributed by atoms with Crippen molar-refractivity contribution in [2.24, 2.45) is 0 Å². The van der Waals surface area contributed by atoms with E-state index in [1.807, 2.05) is 6.07 Å². The topological polar surface area (TPSA) is 57.3 Å². The van der Waals surface area contributed by atoms with Crippen molar-refractivity contribution in [1.29, 1.82) is 0 Å². The summed E-state index contributed by atoms with van der Waals surface area (Å²) in [6.45, 7) is 1.72. The Labute approximate surface area is 152 Å². The molecule has 2 aromatic rings. The lowest BCUT2D eigenvalue weighted by molar-refractivity contribution is 0.0958. The van der Waals surface area contributed by atoms with Crippen LogP contribution in [-0.4, -0.2) is 36.6 Å². The van der Waals surface area contributed by atoms with Gasteiger partial charge in [0.1, 0.15) is 11.6 Å². The van der Waals surface area contributed by atoms with Crippen LogP contribution in [0.2, 0.25) is 0 Å². The number of hydrogen-bond acceptors (Lipinski definition) is 4. The molecule has 1 saturated heterocycles. The molecule has 2 N–H and O–H groups in total. The fourth-order valence-corrected chi connectivity index (χ4v) is 3.08. The van der Waals surface area contributed by atoms with E-state index in [0.29, 0.717) is 23.6 Å². The molecule has 1 unspecified atom stereocenters. The molecule has 26 heavy (non-hydrogen) atoms. The summed E-state index contributed by atoms with van der Waals surface area (Å²) in [5, 5.41) is 5.97. The molecule has 1 aliphatic heterocycles. The Balaban J connectivity index is 1.61. The zero-order chi connectivity index (χ0) is 18.4. The molecule has 1 aromatic carbocycles. The lowest BCUT2D eigenvalue weighted by Crippen LogP contribution is -2.42. The smallest absolute Gasteiger partial charge is 0.253 e. The molecule has 0 aliphatic carbocycles. The Kier molecular flexibility index (Phi) is 5.69. The number of terminal acetylenes is 1. The van der Waals surface area contributed by atoms with Gasteiger partial charge in [0.05, 0.1) is 17.8 Å². The Bertz CT molecular complexity index is 800. The number of rotatable bonds is 5. The minimum atomic E-state index is -0.245. The van der Waals surface area contributed by atoms with Crippen molar-refractivity contribution in [3.63, 3.8) is 0 Å². The first-order chi connectivity index (χ1) is 12.7. The highest BCUT2D eigenvalue weighted by Gasteiger charge is 2.22. The second-order valence-electron chi connectivity index (χ2n) is 6.20. The van der Waals surface area contributed by atoms with Crippen LogP contribution < -0.4 is 15.5 Å². The van der Waals surface area contributed by atoms with Gasteiger partial charge in [0, 0.05) is 25.3 Å². The van der Waals surface area contributed by atoms with Gasteiger partial charge in [0.2, 0.25) is 0 Å². The second-order valence-corrected chi connectivity index (χ2v) is 6.20. The zero-order valence-electron chi connectivity index (χ0n) is 14.4. The lowest BCUT2D eigenvalue weighted by Gasteiger charge is -2.35. The maximum atomic E-state index is 14.0. The first-order valence-electron chi connectivity index (χ1n) is 8.61. The lowest BCUT2D eigenvalue weighted by atomic mass is 10.0. The molecule has 0 saturated carbocycles. The number of carbonyl (C=O) groups excluding carboxylic acids is 1. The predicted molar refractivity (Wildman–Crippen MR) is 101 cm³/mol. The van der Waals surface area contributed by atoms with Crippen LogP contribution in [0.5, 0.6) is 0 Å². The summed E-state index contributed by atoms with van der Waals surface area (Å²) >= 11 is 0. The van der Waals surface area contributed by atoms with E-state index < -0.39 is 0 Å². The Hall–Kier alpha value is -3.07. The maximum absolute atomic E-state index is 14.0. The number of para-hydroxylation sites is 1. The summed E-state index contributed by atoms with van der Waals surface area (Å²) in [6.07, 6.45) is 8.60. The van der Waals surface area contributed by atoms with Crippen molar-refractivity contribution in [2.45, 2.75) is 18.9 Å². The summed E-state index contributed by atoms with van der Waals surface area (Å²) in [7, 11) is 0. The molecule has 0 spiro atoms. The first kappa shape index (κ1) is 17.7. The highest BCUT2D eigenvalue weighted by molar-refractivity contribution is 5.94. The average Bonchev–Trinajstić information content (AvgIpc) is 2.67. The molecule has 3 rings (SSSR count). The van der Waals surface area contributed by atoms with E-state index in [-0.39, 0.29) is 24.3 Å². The van der Waals surface area contributed by atoms with Crippen molar-refractivity contribution in [1.82, 2.24) is 10.3 Å². The molecule has 0 bridgehead atoms. The highest BCUT2D eigenvalue weighted by Crippen LogP contribution is 2.24. The fourth-order valence-electron chi connectivity index (χ4n) is 3.08. The van der Waals surface area contributed by atoms with Crippen LogP contribution >= 0.6 is 0 Å². The number of nitrogens with one attached hydrogen (secondary N) is 2. The van der Waals surface area contributed by atoms with Gasteiger partial charge in [0.15, 0.2) is 0 Å². The van der Waals surface area contributed by atoms with E-state index in [4.69, 9.17) is 6.42 Å². The number of aromatic nitrogens is 1. The molecule has 1 atom stereocenters. The zero-order valence-corrected chi connectivity index (χ0v) is 14.4. The summed E-state index contributed by atoms with van der Waals surface area (Å²) in [6, 6.07) is 10.5. The SMILES string of the molecule is C#CCNC(=O)c1ccc(NC2CCCN(c3ccccc3F)C2)nc1. The number of nitrogens with zero attached hydrogens (tertiary/aromatic N) is 2. The quantitative estimate of drug-likeness (QED) is 0.813. The van der Waals surface area contributed by atoms with Gasteiger partial charge < -0.3 is 15.5 Å². The molecule has 0 radical (unpaired) electrons. The largest absolute Gasteiger partial charge is 0.367 e. The number of piperidine rings is 1. The summed E-state index contributed by atoms with van der Waals surface area (Å²) in [5.74, 6) is 2.61. The van der Waals surface area contributed by atoms with Crippen molar-refractivity contribution in [2.75, 3.05) is 29.9 Å². The van der Waals surface area contributed by atoms with Gasteiger partial charge in [-0.2, -0.15) is 0 Å². The van der Waals surface area contributed by atoms with Gasteiger partial charge in [-0.05, 0) is 37.1 Å². The molecule has 6 heteroatoms. The third-order valence-electron chi connectivity index (χ3n) is 4.34. The number of benzene rings is 1. The number of pyridine rings is 1. The van der Waals surface area contributed by atoms with Gasteiger partial charge in [-0.3, -0.25) is 4.79 Å². The van der Waals surface area contributed by atoms with Crippen LogP contribution in [0.15, 0.2) is 42.6 Å².